The Labute approximate surface area is 98.4 Å². The fourth-order valence-electron chi connectivity index (χ4n) is 2.20. The molecule has 0 aliphatic carbocycles. The number of halogens is 3. The minimum Gasteiger partial charge on any atom is -0.337 e. The van der Waals surface area contributed by atoms with Gasteiger partial charge in [-0.25, -0.2) is 0 Å². The molecule has 2 nitrogen and oxygen atoms in total. The van der Waals surface area contributed by atoms with E-state index in [4.69, 9.17) is 0 Å². The Balaban J connectivity index is 2.05. The Morgan fingerprint density at radius 2 is 1.88 bits per heavy atom. The molecular weight excluding hydrogens is 229 g/mol. The van der Waals surface area contributed by atoms with Gasteiger partial charge in [-0.2, -0.15) is 13.2 Å². The standard InChI is InChI=1S/C12H15F3N2/c13-12(14,15)11-3-1-2-10(8-11)9-17-6-4-16-5-7-17/h1-3,8,16H,4-7,9H2/p+2. The second kappa shape index (κ2) is 5.06. The molecule has 2 rings (SSSR count). The van der Waals surface area contributed by atoms with E-state index in [0.29, 0.717) is 6.54 Å². The van der Waals surface area contributed by atoms with Crippen LogP contribution in [0.15, 0.2) is 24.3 Å². The first-order chi connectivity index (χ1) is 8.05. The monoisotopic (exact) mass is 246 g/mol. The molecule has 0 aromatic heterocycles. The van der Waals surface area contributed by atoms with Crippen molar-refractivity contribution in [3.63, 3.8) is 0 Å². The predicted molar refractivity (Wildman–Crippen MR) is 57.5 cm³/mol. The Bertz CT molecular complexity index is 370. The second-order valence-electron chi connectivity index (χ2n) is 4.49. The first-order valence-corrected chi connectivity index (χ1v) is 5.87. The van der Waals surface area contributed by atoms with Gasteiger partial charge in [0.1, 0.15) is 32.7 Å². The van der Waals surface area contributed by atoms with E-state index < -0.39 is 11.7 Å². The van der Waals surface area contributed by atoms with Crippen LogP contribution in [0.25, 0.3) is 0 Å². The van der Waals surface area contributed by atoms with Gasteiger partial charge in [0.05, 0.1) is 5.56 Å². The minimum absolute atomic E-state index is 0.544. The van der Waals surface area contributed by atoms with Crippen molar-refractivity contribution in [1.82, 2.24) is 0 Å². The summed E-state index contributed by atoms with van der Waals surface area (Å²) in [5.41, 5.74) is 0.231. The molecule has 0 spiro atoms. The molecule has 17 heavy (non-hydrogen) atoms. The fourth-order valence-corrected chi connectivity index (χ4v) is 2.20. The summed E-state index contributed by atoms with van der Waals surface area (Å²) in [4.78, 5) is 1.37. The summed E-state index contributed by atoms with van der Waals surface area (Å²) >= 11 is 0. The van der Waals surface area contributed by atoms with Crippen molar-refractivity contribution in [2.45, 2.75) is 12.7 Å². The minimum atomic E-state index is -4.24. The second-order valence-corrected chi connectivity index (χ2v) is 4.49. The summed E-state index contributed by atoms with van der Waals surface area (Å²) in [5, 5.41) is 2.25. The van der Waals surface area contributed by atoms with Crippen molar-refractivity contribution in [2.75, 3.05) is 26.2 Å². The molecule has 1 saturated heterocycles. The van der Waals surface area contributed by atoms with E-state index in [2.05, 4.69) is 5.32 Å². The van der Waals surface area contributed by atoms with Crippen molar-refractivity contribution < 1.29 is 23.4 Å². The number of quaternary nitrogens is 2. The van der Waals surface area contributed by atoms with Crippen LogP contribution < -0.4 is 10.2 Å². The maximum Gasteiger partial charge on any atom is 0.416 e. The van der Waals surface area contributed by atoms with Crippen LogP contribution >= 0.6 is 0 Å². The summed E-state index contributed by atoms with van der Waals surface area (Å²) < 4.78 is 37.6. The highest BCUT2D eigenvalue weighted by Gasteiger charge is 2.30. The first kappa shape index (κ1) is 12.4. The smallest absolute Gasteiger partial charge is 0.337 e. The normalized spacial score (nSPS) is 18.3. The van der Waals surface area contributed by atoms with Crippen LogP contribution in [0.3, 0.4) is 0 Å². The molecule has 0 unspecified atom stereocenters. The molecule has 1 aromatic carbocycles. The van der Waals surface area contributed by atoms with E-state index in [-0.39, 0.29) is 0 Å². The molecule has 0 amide bonds. The van der Waals surface area contributed by atoms with Gasteiger partial charge >= 0.3 is 6.18 Å². The van der Waals surface area contributed by atoms with Gasteiger partial charge in [-0.3, -0.25) is 0 Å². The van der Waals surface area contributed by atoms with Crippen LogP contribution in [0.5, 0.6) is 0 Å². The third-order valence-electron chi connectivity index (χ3n) is 3.11. The summed E-state index contributed by atoms with van der Waals surface area (Å²) in [6.45, 7) is 4.87. The lowest BCUT2D eigenvalue weighted by Gasteiger charge is -2.22. The van der Waals surface area contributed by atoms with Crippen molar-refractivity contribution in [3.05, 3.63) is 35.4 Å². The number of benzene rings is 1. The highest BCUT2D eigenvalue weighted by atomic mass is 19.4. The predicted octanol–water partition coefficient (Wildman–Crippen LogP) is -0.333. The summed E-state index contributed by atoms with van der Waals surface area (Å²) in [6, 6.07) is 5.67. The van der Waals surface area contributed by atoms with Crippen LogP contribution in [-0.2, 0) is 12.7 Å². The maximum atomic E-state index is 12.5. The molecule has 0 atom stereocenters. The molecule has 3 N–H and O–H groups in total. The van der Waals surface area contributed by atoms with E-state index in [9.17, 15) is 13.2 Å². The molecule has 1 heterocycles. The van der Waals surface area contributed by atoms with Crippen LogP contribution in [0, 0.1) is 0 Å². The van der Waals surface area contributed by atoms with Gasteiger partial charge in [0.15, 0.2) is 0 Å². The molecule has 94 valence electrons. The molecule has 1 aromatic rings. The Hall–Kier alpha value is -1.07. The Kier molecular flexibility index (Phi) is 3.69. The number of nitrogens with two attached hydrogens (primary N) is 1. The number of hydrogen-bond donors (Lipinski definition) is 2. The zero-order valence-electron chi connectivity index (χ0n) is 9.56. The molecule has 1 aliphatic rings. The largest absolute Gasteiger partial charge is 0.416 e. The van der Waals surface area contributed by atoms with Gasteiger partial charge in [-0.15, -0.1) is 0 Å². The van der Waals surface area contributed by atoms with Gasteiger partial charge in [0.2, 0.25) is 0 Å². The van der Waals surface area contributed by atoms with Crippen LogP contribution in [0.2, 0.25) is 0 Å². The summed E-state index contributed by atoms with van der Waals surface area (Å²) in [6.07, 6.45) is -4.24. The van der Waals surface area contributed by atoms with Crippen LogP contribution in [-0.4, -0.2) is 26.2 Å². The number of rotatable bonds is 2. The number of alkyl halides is 3. The fraction of sp³-hybridized carbons (Fsp3) is 0.500. The van der Waals surface area contributed by atoms with Crippen LogP contribution in [0.4, 0.5) is 13.2 Å². The third-order valence-corrected chi connectivity index (χ3v) is 3.11. The average molecular weight is 246 g/mol. The number of hydrogen-bond acceptors (Lipinski definition) is 0. The summed E-state index contributed by atoms with van der Waals surface area (Å²) in [5.74, 6) is 0. The highest BCUT2D eigenvalue weighted by Crippen LogP contribution is 2.29. The zero-order chi connectivity index (χ0) is 12.3. The first-order valence-electron chi connectivity index (χ1n) is 5.87. The highest BCUT2D eigenvalue weighted by molar-refractivity contribution is 5.24. The van der Waals surface area contributed by atoms with Crippen molar-refractivity contribution in [2.24, 2.45) is 0 Å². The lowest BCUT2D eigenvalue weighted by Crippen LogP contribution is -3.19. The van der Waals surface area contributed by atoms with Gasteiger partial charge < -0.3 is 10.2 Å². The van der Waals surface area contributed by atoms with E-state index in [1.54, 1.807) is 6.07 Å². The van der Waals surface area contributed by atoms with Crippen molar-refractivity contribution in [3.8, 4) is 0 Å². The van der Waals surface area contributed by atoms with Gasteiger partial charge in [-0.1, -0.05) is 12.1 Å². The van der Waals surface area contributed by atoms with Gasteiger partial charge in [0.25, 0.3) is 0 Å². The molecule has 5 heteroatoms. The SMILES string of the molecule is FC(F)(F)c1cccc(C[NH+]2CC[NH2+]CC2)c1. The lowest BCUT2D eigenvalue weighted by atomic mass is 10.1. The van der Waals surface area contributed by atoms with E-state index in [0.717, 1.165) is 37.8 Å². The number of piperazine rings is 1. The van der Waals surface area contributed by atoms with Gasteiger partial charge in [-0.05, 0) is 12.1 Å². The molecule has 1 aliphatic heterocycles. The molecule has 0 radical (unpaired) electrons. The van der Waals surface area contributed by atoms with E-state index in [1.807, 2.05) is 0 Å². The van der Waals surface area contributed by atoms with Crippen molar-refractivity contribution >= 4 is 0 Å². The topological polar surface area (TPSA) is 21.1 Å². The molecular formula is C12H17F3N2+2. The molecule has 1 fully saturated rings. The number of nitrogens with one attached hydrogen (secondary N) is 1. The third kappa shape index (κ3) is 3.44. The lowest BCUT2D eigenvalue weighted by molar-refractivity contribution is -0.958. The van der Waals surface area contributed by atoms with Crippen molar-refractivity contribution in [1.29, 1.82) is 0 Å². The zero-order valence-corrected chi connectivity index (χ0v) is 9.56. The summed E-state index contributed by atoms with van der Waals surface area (Å²) in [7, 11) is 0. The quantitative estimate of drug-likeness (QED) is 0.713. The maximum absolute atomic E-state index is 12.5. The Morgan fingerprint density at radius 1 is 1.18 bits per heavy atom. The molecule has 0 bridgehead atoms. The van der Waals surface area contributed by atoms with E-state index >= 15 is 0 Å². The van der Waals surface area contributed by atoms with Crippen LogP contribution in [0.1, 0.15) is 11.1 Å². The van der Waals surface area contributed by atoms with Gasteiger partial charge in [0, 0.05) is 5.56 Å². The van der Waals surface area contributed by atoms with E-state index in [1.165, 1.54) is 17.0 Å². The average Bonchev–Trinajstić information content (AvgIpc) is 2.29. The Morgan fingerprint density at radius 3 is 2.53 bits per heavy atom. The molecule has 0 saturated carbocycles.